The van der Waals surface area contributed by atoms with Crippen LogP contribution in [0.15, 0.2) is 24.5 Å². The molecular formula is C12H14ClN3. The van der Waals surface area contributed by atoms with Crippen molar-refractivity contribution in [2.75, 3.05) is 0 Å². The lowest BCUT2D eigenvalue weighted by molar-refractivity contribution is 0.604. The van der Waals surface area contributed by atoms with Crippen molar-refractivity contribution >= 4 is 11.6 Å². The highest BCUT2D eigenvalue weighted by atomic mass is 35.5. The van der Waals surface area contributed by atoms with Crippen LogP contribution in [0.4, 0.5) is 0 Å². The van der Waals surface area contributed by atoms with Crippen molar-refractivity contribution in [3.63, 3.8) is 0 Å². The summed E-state index contributed by atoms with van der Waals surface area (Å²) < 4.78 is 2.03. The molecule has 3 nitrogen and oxygen atoms in total. The van der Waals surface area contributed by atoms with Gasteiger partial charge in [0.15, 0.2) is 5.82 Å². The zero-order valence-corrected chi connectivity index (χ0v) is 10.4. The van der Waals surface area contributed by atoms with Crippen LogP contribution in [0.25, 0.3) is 11.4 Å². The van der Waals surface area contributed by atoms with Gasteiger partial charge in [-0.25, -0.2) is 0 Å². The van der Waals surface area contributed by atoms with E-state index in [1.807, 2.05) is 23.6 Å². The van der Waals surface area contributed by atoms with Crippen molar-refractivity contribution in [1.29, 1.82) is 0 Å². The van der Waals surface area contributed by atoms with Crippen LogP contribution in [0, 0.1) is 6.92 Å². The first-order chi connectivity index (χ1) is 7.58. The van der Waals surface area contributed by atoms with E-state index >= 15 is 0 Å². The fourth-order valence-corrected chi connectivity index (χ4v) is 1.98. The van der Waals surface area contributed by atoms with Gasteiger partial charge in [-0.15, -0.1) is 10.2 Å². The maximum absolute atomic E-state index is 6.04. The van der Waals surface area contributed by atoms with Crippen LogP contribution in [0.5, 0.6) is 0 Å². The summed E-state index contributed by atoms with van der Waals surface area (Å²) in [4.78, 5) is 0. The summed E-state index contributed by atoms with van der Waals surface area (Å²) in [5, 5.41) is 8.82. The average molecular weight is 236 g/mol. The minimum Gasteiger partial charge on any atom is -0.311 e. The molecule has 2 rings (SSSR count). The van der Waals surface area contributed by atoms with Crippen molar-refractivity contribution in [1.82, 2.24) is 14.8 Å². The molecule has 0 saturated heterocycles. The van der Waals surface area contributed by atoms with Crippen LogP contribution in [-0.4, -0.2) is 14.8 Å². The van der Waals surface area contributed by atoms with Crippen LogP contribution in [0.3, 0.4) is 0 Å². The van der Waals surface area contributed by atoms with Crippen LogP contribution in [0.1, 0.15) is 25.5 Å². The monoisotopic (exact) mass is 235 g/mol. The molecule has 0 radical (unpaired) electrons. The standard InChI is InChI=1S/C12H14ClN3/c1-8(2)16-7-14-15-12(16)10-4-9(3)5-11(13)6-10/h4-8H,1-3H3. The number of nitrogens with zero attached hydrogens (tertiary/aromatic N) is 3. The lowest BCUT2D eigenvalue weighted by Gasteiger charge is -2.10. The second kappa shape index (κ2) is 4.26. The summed E-state index contributed by atoms with van der Waals surface area (Å²) in [6.07, 6.45) is 1.75. The van der Waals surface area contributed by atoms with Crippen molar-refractivity contribution < 1.29 is 0 Å². The highest BCUT2D eigenvalue weighted by molar-refractivity contribution is 6.30. The van der Waals surface area contributed by atoms with E-state index in [-0.39, 0.29) is 0 Å². The molecule has 0 aliphatic heterocycles. The molecule has 84 valence electrons. The van der Waals surface area contributed by atoms with E-state index in [1.165, 1.54) is 0 Å². The van der Waals surface area contributed by atoms with Gasteiger partial charge in [0.1, 0.15) is 6.33 Å². The normalized spacial score (nSPS) is 11.1. The number of benzene rings is 1. The summed E-state index contributed by atoms with van der Waals surface area (Å²) in [5.74, 6) is 0.862. The van der Waals surface area contributed by atoms with Gasteiger partial charge in [-0.1, -0.05) is 11.6 Å². The third-order valence-electron chi connectivity index (χ3n) is 2.43. The summed E-state index contributed by atoms with van der Waals surface area (Å²) >= 11 is 6.04. The molecule has 0 bridgehead atoms. The van der Waals surface area contributed by atoms with Gasteiger partial charge in [0, 0.05) is 16.6 Å². The quantitative estimate of drug-likeness (QED) is 0.798. The molecule has 1 aromatic heterocycles. The Morgan fingerprint density at radius 1 is 1.25 bits per heavy atom. The van der Waals surface area contributed by atoms with E-state index in [9.17, 15) is 0 Å². The Hall–Kier alpha value is -1.35. The van der Waals surface area contributed by atoms with E-state index in [0.717, 1.165) is 22.0 Å². The molecule has 2 aromatic rings. The minimum absolute atomic E-state index is 0.337. The number of aromatic nitrogens is 3. The number of rotatable bonds is 2. The Kier molecular flexibility index (Phi) is 2.97. The molecule has 0 amide bonds. The fourth-order valence-electron chi connectivity index (χ4n) is 1.69. The third-order valence-corrected chi connectivity index (χ3v) is 2.65. The molecule has 0 saturated carbocycles. The third kappa shape index (κ3) is 2.09. The first kappa shape index (κ1) is 11.1. The number of hydrogen-bond acceptors (Lipinski definition) is 2. The second-order valence-electron chi connectivity index (χ2n) is 4.17. The van der Waals surface area contributed by atoms with Crippen LogP contribution in [-0.2, 0) is 0 Å². The zero-order valence-electron chi connectivity index (χ0n) is 9.61. The number of halogens is 1. The predicted molar refractivity (Wildman–Crippen MR) is 65.6 cm³/mol. The van der Waals surface area contributed by atoms with E-state index in [1.54, 1.807) is 6.33 Å². The Bertz CT molecular complexity index is 482. The van der Waals surface area contributed by atoms with Gasteiger partial charge in [-0.3, -0.25) is 0 Å². The summed E-state index contributed by atoms with van der Waals surface area (Å²) in [5.41, 5.74) is 2.14. The zero-order chi connectivity index (χ0) is 11.7. The molecule has 0 fully saturated rings. The van der Waals surface area contributed by atoms with E-state index in [2.05, 4.69) is 30.1 Å². The average Bonchev–Trinajstić information content (AvgIpc) is 2.63. The molecule has 1 heterocycles. The highest BCUT2D eigenvalue weighted by Gasteiger charge is 2.10. The van der Waals surface area contributed by atoms with Crippen LogP contribution < -0.4 is 0 Å². The van der Waals surface area contributed by atoms with Crippen LogP contribution >= 0.6 is 11.6 Å². The largest absolute Gasteiger partial charge is 0.311 e. The Morgan fingerprint density at radius 2 is 2.00 bits per heavy atom. The molecule has 0 aliphatic rings. The molecule has 0 aliphatic carbocycles. The predicted octanol–water partition coefficient (Wildman–Crippen LogP) is 3.49. The van der Waals surface area contributed by atoms with Gasteiger partial charge in [-0.05, 0) is 44.5 Å². The Balaban J connectivity index is 2.54. The topological polar surface area (TPSA) is 30.7 Å². The second-order valence-corrected chi connectivity index (χ2v) is 4.61. The van der Waals surface area contributed by atoms with Gasteiger partial charge in [0.25, 0.3) is 0 Å². The minimum atomic E-state index is 0.337. The lowest BCUT2D eigenvalue weighted by Crippen LogP contribution is -2.01. The molecule has 4 heteroatoms. The molecule has 16 heavy (non-hydrogen) atoms. The summed E-state index contributed by atoms with van der Waals surface area (Å²) in [6.45, 7) is 6.22. The van der Waals surface area contributed by atoms with Gasteiger partial charge in [-0.2, -0.15) is 0 Å². The summed E-state index contributed by atoms with van der Waals surface area (Å²) in [6, 6.07) is 6.25. The Morgan fingerprint density at radius 3 is 2.62 bits per heavy atom. The Labute approximate surface area is 100 Å². The van der Waals surface area contributed by atoms with Crippen molar-refractivity contribution in [3.8, 4) is 11.4 Å². The van der Waals surface area contributed by atoms with Gasteiger partial charge in [0.2, 0.25) is 0 Å². The van der Waals surface area contributed by atoms with Crippen molar-refractivity contribution in [3.05, 3.63) is 35.1 Å². The maximum Gasteiger partial charge on any atom is 0.164 e. The molecule has 0 N–H and O–H groups in total. The van der Waals surface area contributed by atoms with E-state index < -0.39 is 0 Å². The molecule has 0 atom stereocenters. The fraction of sp³-hybridized carbons (Fsp3) is 0.333. The molecule has 0 spiro atoms. The summed E-state index contributed by atoms with van der Waals surface area (Å²) in [7, 11) is 0. The number of hydrogen-bond donors (Lipinski definition) is 0. The van der Waals surface area contributed by atoms with Gasteiger partial charge >= 0.3 is 0 Å². The maximum atomic E-state index is 6.04. The molecule has 0 unspecified atom stereocenters. The molecule has 1 aromatic carbocycles. The first-order valence-electron chi connectivity index (χ1n) is 5.25. The first-order valence-corrected chi connectivity index (χ1v) is 5.63. The molecular weight excluding hydrogens is 222 g/mol. The van der Waals surface area contributed by atoms with Gasteiger partial charge in [0.05, 0.1) is 0 Å². The van der Waals surface area contributed by atoms with Crippen LogP contribution in [0.2, 0.25) is 5.02 Å². The lowest BCUT2D eigenvalue weighted by atomic mass is 10.1. The SMILES string of the molecule is Cc1cc(Cl)cc(-c2nncn2C(C)C)c1. The van der Waals surface area contributed by atoms with Gasteiger partial charge < -0.3 is 4.57 Å². The van der Waals surface area contributed by atoms with Crippen molar-refractivity contribution in [2.24, 2.45) is 0 Å². The highest BCUT2D eigenvalue weighted by Crippen LogP contribution is 2.24. The van der Waals surface area contributed by atoms with E-state index in [4.69, 9.17) is 11.6 Å². The smallest absolute Gasteiger partial charge is 0.164 e. The van der Waals surface area contributed by atoms with Crippen molar-refractivity contribution in [2.45, 2.75) is 26.8 Å². The van der Waals surface area contributed by atoms with E-state index in [0.29, 0.717) is 6.04 Å². The number of aryl methyl sites for hydroxylation is 1.